The highest BCUT2D eigenvalue weighted by Crippen LogP contribution is 2.51. The van der Waals surface area contributed by atoms with E-state index in [2.05, 4.69) is 116 Å². The number of aromatic amines is 1. The molecule has 0 aliphatic heterocycles. The maximum Gasteiger partial charge on any atom is 0.121 e. The second-order valence-electron chi connectivity index (χ2n) is 19.6. The summed E-state index contributed by atoms with van der Waals surface area (Å²) in [4.78, 5) is 3.70. The third kappa shape index (κ3) is 6.27. The molecule has 284 valence electrons. The van der Waals surface area contributed by atoms with Crippen molar-refractivity contribution in [3.05, 3.63) is 107 Å². The van der Waals surface area contributed by atoms with Crippen LogP contribution in [0.2, 0.25) is 0 Å². The molecule has 9 nitrogen and oxygen atoms in total. The summed E-state index contributed by atoms with van der Waals surface area (Å²) in [5.41, 5.74) is 16.1. The number of hydrogen-bond donors (Lipinski definition) is 1. The minimum Gasteiger partial charge on any atom is -0.258 e. The quantitative estimate of drug-likeness (QED) is 0.182. The topological polar surface area (TPSA) is 103 Å². The molecule has 0 radical (unpaired) electrons. The van der Waals surface area contributed by atoms with Crippen molar-refractivity contribution in [2.24, 2.45) is 10.8 Å². The van der Waals surface area contributed by atoms with E-state index in [1.807, 2.05) is 58.1 Å². The molecule has 3 heterocycles. The zero-order chi connectivity index (χ0) is 39.4. The lowest BCUT2D eigenvalue weighted by Crippen LogP contribution is -2.26. The van der Waals surface area contributed by atoms with Gasteiger partial charge in [-0.1, -0.05) is 117 Å². The van der Waals surface area contributed by atoms with E-state index < -0.39 is 0 Å². The molecule has 0 unspecified atom stereocenters. The van der Waals surface area contributed by atoms with E-state index in [-0.39, 0.29) is 21.7 Å². The van der Waals surface area contributed by atoms with Gasteiger partial charge in [-0.05, 0) is 111 Å². The third-order valence-electron chi connectivity index (χ3n) is 11.3. The minimum absolute atomic E-state index is 0.115. The average molecular weight is 742 g/mol. The highest BCUT2D eigenvalue weighted by atomic mass is 15.5. The van der Waals surface area contributed by atoms with Crippen LogP contribution in [-0.4, -0.2) is 45.4 Å². The van der Waals surface area contributed by atoms with E-state index in [1.165, 1.54) is 22.3 Å². The number of rotatable bonds is 6. The number of nitrogens with one attached hydrogen (secondary N) is 1. The Morgan fingerprint density at radius 1 is 0.536 bits per heavy atom. The van der Waals surface area contributed by atoms with Gasteiger partial charge in [-0.2, -0.15) is 0 Å². The van der Waals surface area contributed by atoms with Crippen molar-refractivity contribution in [2.45, 2.75) is 99.3 Å². The molecule has 9 heteroatoms. The normalized spacial score (nSPS) is 13.6. The van der Waals surface area contributed by atoms with Gasteiger partial charge in [0.25, 0.3) is 0 Å². The first-order valence-corrected chi connectivity index (χ1v) is 19.8. The largest absolute Gasteiger partial charge is 0.258 e. The lowest BCUT2D eigenvalue weighted by Gasteiger charge is -2.34. The number of fused-ring (bicyclic) bond motifs is 9. The molecule has 3 aromatic heterocycles. The van der Waals surface area contributed by atoms with Gasteiger partial charge in [-0.3, -0.25) is 5.10 Å². The van der Waals surface area contributed by atoms with Crippen molar-refractivity contribution in [2.75, 3.05) is 0 Å². The van der Waals surface area contributed by atoms with Gasteiger partial charge in [-0.25, -0.2) is 0 Å². The predicted molar refractivity (Wildman–Crippen MR) is 227 cm³/mol. The highest BCUT2D eigenvalue weighted by molar-refractivity contribution is 6.06. The lowest BCUT2D eigenvalue weighted by molar-refractivity contribution is 0.283. The molecule has 0 bridgehead atoms. The molecule has 56 heavy (non-hydrogen) atoms. The molecular weight excluding hydrogens is 691 g/mol. The van der Waals surface area contributed by atoms with Crippen molar-refractivity contribution in [1.82, 2.24) is 45.4 Å². The first-order chi connectivity index (χ1) is 26.4. The van der Waals surface area contributed by atoms with E-state index >= 15 is 0 Å². The first-order valence-electron chi connectivity index (χ1n) is 19.8. The van der Waals surface area contributed by atoms with E-state index in [1.54, 1.807) is 0 Å². The summed E-state index contributed by atoms with van der Waals surface area (Å²) in [5.74, 6) is 0. The summed E-state index contributed by atoms with van der Waals surface area (Å²) in [5, 5.41) is 32.8. The van der Waals surface area contributed by atoms with Crippen molar-refractivity contribution in [3.63, 3.8) is 0 Å². The summed E-state index contributed by atoms with van der Waals surface area (Å²) in [7, 11) is 0. The van der Waals surface area contributed by atoms with Crippen LogP contribution in [0.4, 0.5) is 0 Å². The van der Waals surface area contributed by atoms with Gasteiger partial charge in [0, 0.05) is 16.7 Å². The van der Waals surface area contributed by atoms with Crippen LogP contribution in [0.25, 0.3) is 66.7 Å². The smallest absolute Gasteiger partial charge is 0.121 e. The van der Waals surface area contributed by atoms with E-state index in [4.69, 9.17) is 25.5 Å². The second-order valence-corrected chi connectivity index (χ2v) is 19.6. The zero-order valence-corrected chi connectivity index (χ0v) is 34.3. The number of benzene rings is 5. The van der Waals surface area contributed by atoms with Crippen molar-refractivity contribution < 1.29 is 0 Å². The molecule has 8 aromatic rings. The second kappa shape index (κ2) is 12.4. The number of hydrogen-bond acceptors (Lipinski definition) is 6. The molecule has 0 fully saturated rings. The summed E-state index contributed by atoms with van der Waals surface area (Å²) in [6.45, 7) is 23.4. The molecule has 1 aliphatic rings. The molecule has 0 saturated heterocycles. The molecule has 9 rings (SSSR count). The van der Waals surface area contributed by atoms with Crippen LogP contribution >= 0.6 is 0 Å². The molecule has 0 saturated carbocycles. The first kappa shape index (κ1) is 36.0. The van der Waals surface area contributed by atoms with Crippen molar-refractivity contribution in [3.8, 4) is 33.6 Å². The summed E-state index contributed by atoms with van der Waals surface area (Å²) in [6.07, 6.45) is 2.69. The van der Waals surface area contributed by atoms with E-state index in [0.29, 0.717) is 6.42 Å². The fourth-order valence-electron chi connectivity index (χ4n) is 9.72. The van der Waals surface area contributed by atoms with Crippen LogP contribution in [0.3, 0.4) is 0 Å². The van der Waals surface area contributed by atoms with Crippen molar-refractivity contribution >= 4 is 33.1 Å². The van der Waals surface area contributed by atoms with Gasteiger partial charge >= 0.3 is 0 Å². The van der Waals surface area contributed by atoms with Crippen LogP contribution in [-0.2, 0) is 17.3 Å². The van der Waals surface area contributed by atoms with E-state index in [9.17, 15) is 0 Å². The SMILES string of the molecule is CC(C)(C)CC(C)(C)c1cc2c(c(-n3nc4ccccc4n3)c1)-c1ccc3[nH]nnc3c1-c1c(cc(C(C)(C)CC(C)(C)C)cc1-n1nc3ccccc3n1)C2. The maximum atomic E-state index is 5.12. The molecule has 0 amide bonds. The van der Waals surface area contributed by atoms with Crippen LogP contribution in [0, 0.1) is 10.8 Å². The predicted octanol–water partition coefficient (Wildman–Crippen LogP) is 11.1. The van der Waals surface area contributed by atoms with Gasteiger partial charge in [-0.15, -0.1) is 35.1 Å². The Morgan fingerprint density at radius 2 is 0.982 bits per heavy atom. The maximum absolute atomic E-state index is 5.12. The average Bonchev–Trinajstić information content (AvgIpc) is 3.85. The Hall–Kier alpha value is -5.70. The fourth-order valence-corrected chi connectivity index (χ4v) is 9.72. The van der Waals surface area contributed by atoms with Crippen LogP contribution in [0.1, 0.15) is 104 Å². The van der Waals surface area contributed by atoms with Crippen LogP contribution in [0.15, 0.2) is 84.9 Å². The van der Waals surface area contributed by atoms with Gasteiger partial charge in [0.2, 0.25) is 0 Å². The van der Waals surface area contributed by atoms with Gasteiger partial charge < -0.3 is 0 Å². The molecule has 5 aromatic carbocycles. The Kier molecular flexibility index (Phi) is 7.97. The van der Waals surface area contributed by atoms with Gasteiger partial charge in [0.1, 0.15) is 27.6 Å². The third-order valence-corrected chi connectivity index (χ3v) is 11.3. The molecule has 0 atom stereocenters. The molecule has 0 spiro atoms. The fraction of sp³-hybridized carbons (Fsp3) is 0.362. The van der Waals surface area contributed by atoms with Crippen LogP contribution < -0.4 is 0 Å². The lowest BCUT2D eigenvalue weighted by atomic mass is 9.71. The molecule has 1 N–H and O–H groups in total. The zero-order valence-electron chi connectivity index (χ0n) is 34.3. The number of aromatic nitrogens is 9. The molecular formula is C47H51N9. The monoisotopic (exact) mass is 741 g/mol. The summed E-state index contributed by atoms with van der Waals surface area (Å²) in [6, 6.07) is 30.0. The Bertz CT molecular complexity index is 2750. The van der Waals surface area contributed by atoms with Crippen molar-refractivity contribution in [1.29, 1.82) is 0 Å². The van der Waals surface area contributed by atoms with Gasteiger partial charge in [0.15, 0.2) is 0 Å². The Morgan fingerprint density at radius 3 is 1.45 bits per heavy atom. The summed E-state index contributed by atoms with van der Waals surface area (Å²) < 4.78 is 0. The van der Waals surface area contributed by atoms with E-state index in [0.717, 1.165) is 79.6 Å². The molecule has 1 aliphatic carbocycles. The minimum atomic E-state index is -0.146. The Balaban J connectivity index is 1.41. The highest BCUT2D eigenvalue weighted by Gasteiger charge is 2.35. The summed E-state index contributed by atoms with van der Waals surface area (Å²) >= 11 is 0. The number of H-pyrrole nitrogens is 1. The standard InChI is InChI=1S/C47H51N9/c1-44(2,3)26-46(7,8)30-22-28-21-29-23-31(47(9,10)27-45(4,5)6)25-39(56-52-35-17-13-14-18-36(35)53-56)41(29)42-32(19-20-37-43(42)49-54-48-37)40(28)38(24-30)55-50-33-15-11-12-16-34(33)51-55/h11-20,22-25H,21,26-27H2,1-10H3,(H,48,49,54). The van der Waals surface area contributed by atoms with Gasteiger partial charge in [0.05, 0.1) is 16.9 Å². The Labute approximate surface area is 328 Å². The number of nitrogens with zero attached hydrogens (tertiary/aromatic N) is 8. The van der Waals surface area contributed by atoms with Crippen LogP contribution in [0.5, 0.6) is 0 Å².